The maximum absolute atomic E-state index is 12.2. The van der Waals surface area contributed by atoms with E-state index in [1.165, 1.54) is 6.07 Å². The van der Waals surface area contributed by atoms with Crippen LogP contribution in [0.5, 0.6) is 0 Å². The Morgan fingerprint density at radius 3 is 2.60 bits per heavy atom. The van der Waals surface area contributed by atoms with E-state index in [0.717, 1.165) is 22.1 Å². The summed E-state index contributed by atoms with van der Waals surface area (Å²) in [5, 5.41) is 4.28. The topological polar surface area (TPSA) is 59.3 Å². The Morgan fingerprint density at radius 2 is 1.88 bits per heavy atom. The number of nitrogens with one attached hydrogen (secondary N) is 1. The fourth-order valence-electron chi connectivity index (χ4n) is 2.93. The Kier molecular flexibility index (Phi) is 4.91. The predicted molar refractivity (Wildman–Crippen MR) is 99.0 cm³/mol. The number of carbonyl (C=O) groups is 1. The van der Waals surface area contributed by atoms with E-state index < -0.39 is 5.63 Å². The van der Waals surface area contributed by atoms with E-state index in [-0.39, 0.29) is 12.5 Å². The number of hydrogen-bond acceptors (Lipinski definition) is 3. The molecule has 25 heavy (non-hydrogen) atoms. The van der Waals surface area contributed by atoms with Crippen LogP contribution in [0.25, 0.3) is 11.0 Å². The first-order chi connectivity index (χ1) is 12.0. The van der Waals surface area contributed by atoms with E-state index in [9.17, 15) is 9.59 Å². The Labute approximate surface area is 150 Å². The van der Waals surface area contributed by atoms with Crippen molar-refractivity contribution in [3.05, 3.63) is 80.2 Å². The molecule has 2 aromatic carbocycles. The van der Waals surface area contributed by atoms with E-state index in [1.807, 2.05) is 44.2 Å². The summed E-state index contributed by atoms with van der Waals surface area (Å²) in [5.41, 5.74) is 3.37. The molecule has 1 amide bonds. The third-order valence-corrected chi connectivity index (χ3v) is 4.73. The summed E-state index contributed by atoms with van der Waals surface area (Å²) in [5.74, 6) is -0.108. The van der Waals surface area contributed by atoms with Crippen LogP contribution < -0.4 is 10.9 Å². The van der Waals surface area contributed by atoms with Crippen LogP contribution in [0.4, 0.5) is 0 Å². The lowest BCUT2D eigenvalue weighted by molar-refractivity contribution is -0.120. The van der Waals surface area contributed by atoms with Crippen LogP contribution in [-0.4, -0.2) is 5.91 Å². The summed E-state index contributed by atoms with van der Waals surface area (Å²) >= 11 is 6.33. The van der Waals surface area contributed by atoms with Crippen LogP contribution in [0.1, 0.15) is 22.3 Å². The largest absolute Gasteiger partial charge is 0.423 e. The zero-order valence-electron chi connectivity index (χ0n) is 14.1. The van der Waals surface area contributed by atoms with Gasteiger partial charge in [0.2, 0.25) is 5.91 Å². The molecule has 3 rings (SSSR count). The minimum absolute atomic E-state index is 0.108. The van der Waals surface area contributed by atoms with Gasteiger partial charge < -0.3 is 9.73 Å². The molecule has 0 saturated heterocycles. The first-order valence-corrected chi connectivity index (χ1v) is 8.36. The molecule has 0 saturated carbocycles. The van der Waals surface area contributed by atoms with Gasteiger partial charge in [-0.05, 0) is 42.2 Å². The quantitative estimate of drug-likeness (QED) is 0.721. The van der Waals surface area contributed by atoms with E-state index in [2.05, 4.69) is 5.32 Å². The van der Waals surface area contributed by atoms with Gasteiger partial charge in [0.05, 0.1) is 6.42 Å². The molecule has 0 unspecified atom stereocenters. The van der Waals surface area contributed by atoms with Crippen LogP contribution in [0.15, 0.2) is 51.7 Å². The summed E-state index contributed by atoms with van der Waals surface area (Å²) < 4.78 is 5.29. The Hall–Kier alpha value is -2.59. The van der Waals surface area contributed by atoms with Crippen molar-refractivity contribution in [3.63, 3.8) is 0 Å². The number of hydrogen-bond donors (Lipinski definition) is 1. The van der Waals surface area contributed by atoms with Gasteiger partial charge in [-0.25, -0.2) is 4.79 Å². The molecule has 3 aromatic rings. The monoisotopic (exact) mass is 355 g/mol. The molecule has 128 valence electrons. The van der Waals surface area contributed by atoms with E-state index in [0.29, 0.717) is 22.6 Å². The minimum atomic E-state index is -0.444. The fraction of sp³-hybridized carbons (Fsp3) is 0.200. The molecule has 1 heterocycles. The highest BCUT2D eigenvalue weighted by atomic mass is 35.5. The van der Waals surface area contributed by atoms with Crippen molar-refractivity contribution in [1.29, 1.82) is 0 Å². The lowest BCUT2D eigenvalue weighted by Gasteiger charge is -2.12. The highest BCUT2D eigenvalue weighted by Gasteiger charge is 2.14. The molecule has 0 fully saturated rings. The average molecular weight is 356 g/mol. The van der Waals surface area contributed by atoms with Gasteiger partial charge in [-0.2, -0.15) is 0 Å². The van der Waals surface area contributed by atoms with Gasteiger partial charge >= 0.3 is 5.63 Å². The zero-order valence-corrected chi connectivity index (χ0v) is 14.8. The Bertz CT molecular complexity index is 993. The molecule has 5 heteroatoms. The first kappa shape index (κ1) is 17.2. The third-order valence-electron chi connectivity index (χ3n) is 4.15. The van der Waals surface area contributed by atoms with Gasteiger partial charge in [0.25, 0.3) is 0 Å². The molecule has 0 radical (unpaired) electrons. The molecule has 1 N–H and O–H groups in total. The van der Waals surface area contributed by atoms with Crippen LogP contribution in [-0.2, 0) is 17.8 Å². The van der Waals surface area contributed by atoms with Gasteiger partial charge in [0.1, 0.15) is 5.58 Å². The lowest BCUT2D eigenvalue weighted by Crippen LogP contribution is -2.25. The zero-order chi connectivity index (χ0) is 18.0. The number of carbonyl (C=O) groups excluding carboxylic acids is 1. The number of aryl methyl sites for hydroxylation is 2. The normalized spacial score (nSPS) is 10.8. The van der Waals surface area contributed by atoms with Crippen LogP contribution in [0.2, 0.25) is 5.02 Å². The molecule has 0 spiro atoms. The fourth-order valence-corrected chi connectivity index (χ4v) is 3.08. The molecule has 4 nitrogen and oxygen atoms in total. The summed E-state index contributed by atoms with van der Waals surface area (Å²) in [4.78, 5) is 24.0. The minimum Gasteiger partial charge on any atom is -0.423 e. The van der Waals surface area contributed by atoms with Gasteiger partial charge in [-0.3, -0.25) is 4.79 Å². The van der Waals surface area contributed by atoms with Crippen molar-refractivity contribution in [2.45, 2.75) is 26.8 Å². The molecule has 0 aliphatic carbocycles. The van der Waals surface area contributed by atoms with Crippen LogP contribution in [0.3, 0.4) is 0 Å². The van der Waals surface area contributed by atoms with Crippen molar-refractivity contribution in [2.75, 3.05) is 0 Å². The van der Waals surface area contributed by atoms with Crippen molar-refractivity contribution in [1.82, 2.24) is 5.32 Å². The number of halogens is 1. The second-order valence-corrected chi connectivity index (χ2v) is 6.41. The molecule has 0 bridgehead atoms. The third kappa shape index (κ3) is 3.74. The SMILES string of the molecule is Cc1cc2oc(=O)cc(CNC(=O)Cc3ccccc3)c2c(C)c1Cl. The molecule has 0 aliphatic heterocycles. The molecular weight excluding hydrogens is 338 g/mol. The predicted octanol–water partition coefficient (Wildman–Crippen LogP) is 3.92. The Morgan fingerprint density at radius 1 is 1.16 bits per heavy atom. The van der Waals surface area contributed by atoms with Crippen molar-refractivity contribution < 1.29 is 9.21 Å². The first-order valence-electron chi connectivity index (χ1n) is 7.99. The van der Waals surface area contributed by atoms with Gasteiger partial charge in [-0.1, -0.05) is 41.9 Å². The van der Waals surface area contributed by atoms with Crippen molar-refractivity contribution in [3.8, 4) is 0 Å². The van der Waals surface area contributed by atoms with E-state index >= 15 is 0 Å². The molecule has 1 aromatic heterocycles. The van der Waals surface area contributed by atoms with Gasteiger partial charge in [-0.15, -0.1) is 0 Å². The maximum Gasteiger partial charge on any atom is 0.336 e. The van der Waals surface area contributed by atoms with Crippen molar-refractivity contribution in [2.24, 2.45) is 0 Å². The van der Waals surface area contributed by atoms with Gasteiger partial charge in [0.15, 0.2) is 0 Å². The summed E-state index contributed by atoms with van der Waals surface area (Å²) in [6, 6.07) is 12.7. The van der Waals surface area contributed by atoms with E-state index in [1.54, 1.807) is 6.07 Å². The summed E-state index contributed by atoms with van der Waals surface area (Å²) in [7, 11) is 0. The average Bonchev–Trinajstić information content (AvgIpc) is 2.58. The number of benzene rings is 2. The van der Waals surface area contributed by atoms with Crippen molar-refractivity contribution >= 4 is 28.5 Å². The highest BCUT2D eigenvalue weighted by molar-refractivity contribution is 6.33. The molecule has 0 atom stereocenters. The molecule has 0 aliphatic rings. The Balaban J connectivity index is 1.87. The second kappa shape index (κ2) is 7.11. The van der Waals surface area contributed by atoms with Crippen LogP contribution >= 0.6 is 11.6 Å². The summed E-state index contributed by atoms with van der Waals surface area (Å²) in [6.07, 6.45) is 0.291. The number of amides is 1. The number of rotatable bonds is 4. The standard InChI is InChI=1S/C20H18ClNO3/c1-12-8-16-19(13(2)20(12)21)15(10-18(24)25-16)11-22-17(23)9-14-6-4-3-5-7-14/h3-8,10H,9,11H2,1-2H3,(H,22,23). The van der Waals surface area contributed by atoms with E-state index in [4.69, 9.17) is 16.0 Å². The maximum atomic E-state index is 12.2. The highest BCUT2D eigenvalue weighted by Crippen LogP contribution is 2.30. The smallest absolute Gasteiger partial charge is 0.336 e. The molecular formula is C20H18ClNO3. The van der Waals surface area contributed by atoms with Gasteiger partial charge in [0, 0.05) is 23.0 Å². The second-order valence-electron chi connectivity index (χ2n) is 6.04. The number of fused-ring (bicyclic) bond motifs is 1. The summed E-state index contributed by atoms with van der Waals surface area (Å²) in [6.45, 7) is 3.99. The lowest BCUT2D eigenvalue weighted by atomic mass is 10.0. The van der Waals surface area contributed by atoms with Crippen LogP contribution in [0, 0.1) is 13.8 Å².